The lowest BCUT2D eigenvalue weighted by Crippen LogP contribution is -2.49. The van der Waals surface area contributed by atoms with Crippen LogP contribution in [0.15, 0.2) is 0 Å². The van der Waals surface area contributed by atoms with Gasteiger partial charge in [-0.2, -0.15) is 0 Å². The molecule has 9 heteroatoms. The lowest BCUT2D eigenvalue weighted by atomic mass is 10.1. The van der Waals surface area contributed by atoms with Crippen molar-refractivity contribution in [2.45, 2.75) is 18.1 Å². The van der Waals surface area contributed by atoms with E-state index in [1.807, 2.05) is 0 Å². The molecule has 0 aromatic rings. The zero-order chi connectivity index (χ0) is 16.9. The quantitative estimate of drug-likeness (QED) is 0.632. The summed E-state index contributed by atoms with van der Waals surface area (Å²) in [5.41, 5.74) is 0. The fourth-order valence-electron chi connectivity index (χ4n) is 3.05. The molecule has 1 unspecified atom stereocenters. The van der Waals surface area contributed by atoms with Crippen molar-refractivity contribution in [1.82, 2.24) is 19.4 Å². The van der Waals surface area contributed by atoms with Gasteiger partial charge in [-0.3, -0.25) is 0 Å². The number of methoxy groups -OCH3 is 1. The fraction of sp³-hybridized carbons (Fsp3) is 0.929. The van der Waals surface area contributed by atoms with Gasteiger partial charge in [0.25, 0.3) is 0 Å². The van der Waals surface area contributed by atoms with Crippen LogP contribution >= 0.6 is 0 Å². The molecule has 8 nitrogen and oxygen atoms in total. The molecule has 0 spiro atoms. The number of carbonyl (C=O) groups excluding carboxylic acids is 1. The number of likely N-dealkylation sites (tertiary alicyclic amines) is 1. The predicted molar refractivity (Wildman–Crippen MR) is 87.9 cm³/mol. The minimum Gasteiger partial charge on any atom is -0.383 e. The maximum atomic E-state index is 12.6. The minimum absolute atomic E-state index is 0.0227. The zero-order valence-electron chi connectivity index (χ0n) is 14.0. The Balaban J connectivity index is 1.85. The SMILES string of the molecule is COCCN(C)S(=O)(=O)C1CCCN(CCN2CCNC2=O)C1. The van der Waals surface area contributed by atoms with E-state index < -0.39 is 10.0 Å². The average Bonchev–Trinajstić information content (AvgIpc) is 2.96. The van der Waals surface area contributed by atoms with Crippen LogP contribution < -0.4 is 5.32 Å². The van der Waals surface area contributed by atoms with Gasteiger partial charge in [-0.25, -0.2) is 17.5 Å². The molecule has 1 N–H and O–H groups in total. The third-order valence-corrected chi connectivity index (χ3v) is 6.84. The van der Waals surface area contributed by atoms with Crippen molar-refractivity contribution < 1.29 is 17.9 Å². The summed E-state index contributed by atoms with van der Waals surface area (Å²) in [5.74, 6) is 0. The number of nitrogens with zero attached hydrogens (tertiary/aromatic N) is 3. The summed E-state index contributed by atoms with van der Waals surface area (Å²) >= 11 is 0. The van der Waals surface area contributed by atoms with E-state index in [-0.39, 0.29) is 11.3 Å². The highest BCUT2D eigenvalue weighted by atomic mass is 32.2. The van der Waals surface area contributed by atoms with Gasteiger partial charge in [0, 0.05) is 53.4 Å². The van der Waals surface area contributed by atoms with Crippen LogP contribution in [0.25, 0.3) is 0 Å². The van der Waals surface area contributed by atoms with Crippen LogP contribution in [-0.4, -0.2) is 100 Å². The van der Waals surface area contributed by atoms with E-state index in [1.165, 1.54) is 4.31 Å². The van der Waals surface area contributed by atoms with Crippen molar-refractivity contribution in [3.63, 3.8) is 0 Å². The molecule has 134 valence electrons. The maximum absolute atomic E-state index is 12.6. The van der Waals surface area contributed by atoms with E-state index in [2.05, 4.69) is 10.2 Å². The van der Waals surface area contributed by atoms with Crippen molar-refractivity contribution in [3.05, 3.63) is 0 Å². The molecule has 2 saturated heterocycles. The first-order valence-corrected chi connectivity index (χ1v) is 9.64. The van der Waals surface area contributed by atoms with Crippen LogP contribution in [0.4, 0.5) is 4.79 Å². The Kier molecular flexibility index (Phi) is 6.63. The van der Waals surface area contributed by atoms with Gasteiger partial charge in [0.15, 0.2) is 0 Å². The minimum atomic E-state index is -3.30. The van der Waals surface area contributed by atoms with Crippen molar-refractivity contribution in [3.8, 4) is 0 Å². The predicted octanol–water partition coefficient (Wildman–Crippen LogP) is -0.616. The van der Waals surface area contributed by atoms with Crippen LogP contribution in [0, 0.1) is 0 Å². The molecule has 2 fully saturated rings. The normalized spacial score (nSPS) is 23.5. The topological polar surface area (TPSA) is 82.2 Å². The Labute approximate surface area is 138 Å². The highest BCUT2D eigenvalue weighted by molar-refractivity contribution is 7.89. The summed E-state index contributed by atoms with van der Waals surface area (Å²) in [7, 11) is -0.117. The highest BCUT2D eigenvalue weighted by Crippen LogP contribution is 2.19. The van der Waals surface area contributed by atoms with Crippen LogP contribution in [0.1, 0.15) is 12.8 Å². The number of sulfonamides is 1. The van der Waals surface area contributed by atoms with E-state index >= 15 is 0 Å². The number of ether oxygens (including phenoxy) is 1. The Bertz CT molecular complexity index is 499. The summed E-state index contributed by atoms with van der Waals surface area (Å²) in [6, 6.07) is -0.0227. The van der Waals surface area contributed by atoms with E-state index in [1.54, 1.807) is 19.1 Å². The molecule has 2 aliphatic heterocycles. The monoisotopic (exact) mass is 348 g/mol. The van der Waals surface area contributed by atoms with E-state index in [0.29, 0.717) is 39.2 Å². The summed E-state index contributed by atoms with van der Waals surface area (Å²) in [6.45, 7) is 5.01. The van der Waals surface area contributed by atoms with E-state index in [4.69, 9.17) is 4.74 Å². The second-order valence-corrected chi connectivity index (χ2v) is 8.46. The molecule has 0 aromatic carbocycles. The second-order valence-electron chi connectivity index (χ2n) is 6.14. The van der Waals surface area contributed by atoms with Crippen LogP contribution in [0.5, 0.6) is 0 Å². The van der Waals surface area contributed by atoms with Gasteiger partial charge in [0.1, 0.15) is 0 Å². The molecule has 0 bridgehead atoms. The summed E-state index contributed by atoms with van der Waals surface area (Å²) in [6.07, 6.45) is 1.56. The van der Waals surface area contributed by atoms with Gasteiger partial charge in [0.05, 0.1) is 11.9 Å². The first kappa shape index (κ1) is 18.4. The number of urea groups is 1. The molecule has 1 atom stereocenters. The van der Waals surface area contributed by atoms with Gasteiger partial charge < -0.3 is 19.9 Å². The van der Waals surface area contributed by atoms with Crippen molar-refractivity contribution in [1.29, 1.82) is 0 Å². The molecule has 2 heterocycles. The lowest BCUT2D eigenvalue weighted by molar-refractivity contribution is 0.179. The Morgan fingerprint density at radius 3 is 2.78 bits per heavy atom. The van der Waals surface area contributed by atoms with Gasteiger partial charge in [-0.1, -0.05) is 0 Å². The number of hydrogen-bond acceptors (Lipinski definition) is 5. The molecule has 2 rings (SSSR count). The molecule has 23 heavy (non-hydrogen) atoms. The molecular weight excluding hydrogens is 320 g/mol. The average molecular weight is 348 g/mol. The van der Waals surface area contributed by atoms with E-state index in [0.717, 1.165) is 26.1 Å². The first-order chi connectivity index (χ1) is 10.9. The number of piperidine rings is 1. The third kappa shape index (κ3) is 4.79. The molecular formula is C14H28N4O4S. The number of likely N-dealkylation sites (N-methyl/N-ethyl adjacent to an activating group) is 1. The van der Waals surface area contributed by atoms with Crippen molar-refractivity contribution in [2.24, 2.45) is 0 Å². The molecule has 0 aromatic heterocycles. The highest BCUT2D eigenvalue weighted by Gasteiger charge is 2.33. The maximum Gasteiger partial charge on any atom is 0.317 e. The standard InChI is InChI=1S/C14H28N4O4S/c1-16(10-11-22-2)23(20,21)13-4-3-6-17(12-13)8-9-18-7-5-15-14(18)19/h13H,3-12H2,1-2H3,(H,15,19). The Morgan fingerprint density at radius 1 is 1.35 bits per heavy atom. The molecule has 2 amide bonds. The Hall–Kier alpha value is -0.900. The molecule has 0 saturated carbocycles. The van der Waals surface area contributed by atoms with Crippen LogP contribution in [0.2, 0.25) is 0 Å². The van der Waals surface area contributed by atoms with E-state index in [9.17, 15) is 13.2 Å². The largest absolute Gasteiger partial charge is 0.383 e. The van der Waals surface area contributed by atoms with Crippen molar-refractivity contribution >= 4 is 16.1 Å². The smallest absolute Gasteiger partial charge is 0.317 e. The second kappa shape index (κ2) is 8.27. The molecule has 0 radical (unpaired) electrons. The van der Waals surface area contributed by atoms with Crippen molar-refractivity contribution in [2.75, 3.05) is 66.6 Å². The summed E-state index contributed by atoms with van der Waals surface area (Å²) in [5, 5.41) is 2.41. The first-order valence-electron chi connectivity index (χ1n) is 8.14. The van der Waals surface area contributed by atoms with Gasteiger partial charge in [-0.05, 0) is 19.4 Å². The number of carbonyl (C=O) groups is 1. The number of amides is 2. The van der Waals surface area contributed by atoms with Gasteiger partial charge >= 0.3 is 6.03 Å². The van der Waals surface area contributed by atoms with Crippen LogP contribution in [0.3, 0.4) is 0 Å². The zero-order valence-corrected chi connectivity index (χ0v) is 14.8. The number of nitrogens with one attached hydrogen (secondary N) is 1. The third-order valence-electron chi connectivity index (χ3n) is 4.56. The van der Waals surface area contributed by atoms with Gasteiger partial charge in [0.2, 0.25) is 10.0 Å². The summed E-state index contributed by atoms with van der Waals surface area (Å²) < 4.78 is 31.6. The number of hydrogen-bond donors (Lipinski definition) is 1. The molecule has 0 aliphatic carbocycles. The fourth-order valence-corrected chi connectivity index (χ4v) is 4.75. The molecule has 2 aliphatic rings. The lowest BCUT2D eigenvalue weighted by Gasteiger charge is -2.34. The summed E-state index contributed by atoms with van der Waals surface area (Å²) in [4.78, 5) is 15.5. The van der Waals surface area contributed by atoms with Crippen LogP contribution in [-0.2, 0) is 14.8 Å². The number of rotatable bonds is 8. The Morgan fingerprint density at radius 2 is 2.13 bits per heavy atom. The van der Waals surface area contributed by atoms with Gasteiger partial charge in [-0.15, -0.1) is 0 Å².